The summed E-state index contributed by atoms with van der Waals surface area (Å²) in [7, 11) is 0. The molecule has 0 saturated carbocycles. The first-order valence-corrected chi connectivity index (χ1v) is 8.74. The van der Waals surface area contributed by atoms with Gasteiger partial charge in [-0.1, -0.05) is 87.1 Å². The fourth-order valence-electron chi connectivity index (χ4n) is 0. The summed E-state index contributed by atoms with van der Waals surface area (Å²) in [6, 6.07) is 0. The Labute approximate surface area is 175 Å². The third-order valence-electron chi connectivity index (χ3n) is 0.698. The van der Waals surface area contributed by atoms with E-state index in [-0.39, 0.29) is 0 Å². The highest BCUT2D eigenvalue weighted by molar-refractivity contribution is 5.79. The highest BCUT2D eigenvalue weighted by Gasteiger charge is 1.74. The molecule has 0 bridgehead atoms. The van der Waals surface area contributed by atoms with Gasteiger partial charge in [-0.3, -0.25) is 0 Å². The minimum absolute atomic E-state index is 0.833. The van der Waals surface area contributed by atoms with Crippen LogP contribution in [0.25, 0.3) is 0 Å². The van der Waals surface area contributed by atoms with Gasteiger partial charge in [0.05, 0.1) is 0 Å². The van der Waals surface area contributed by atoms with E-state index in [1.165, 1.54) is 19.3 Å². The third-order valence-corrected chi connectivity index (χ3v) is 0.698. The van der Waals surface area contributed by atoms with Crippen molar-refractivity contribution in [3.8, 4) is 0 Å². The lowest BCUT2D eigenvalue weighted by molar-refractivity contribution is -0.132. The minimum atomic E-state index is -0.981. The lowest BCUT2D eigenvalue weighted by atomic mass is 10.6. The Hall–Kier alpha value is -3.16. The molecule has 29 heavy (non-hydrogen) atoms. The number of hydrogen-bond acceptors (Lipinski definition) is 4. The Morgan fingerprint density at radius 1 is 0.483 bits per heavy atom. The molecule has 8 nitrogen and oxygen atoms in total. The van der Waals surface area contributed by atoms with Crippen LogP contribution in [-0.2, 0) is 19.2 Å². The summed E-state index contributed by atoms with van der Waals surface area (Å²) >= 11 is 0. The summed E-state index contributed by atoms with van der Waals surface area (Å²) in [6.45, 7) is 24.6. The first-order chi connectivity index (χ1) is 13.3. The van der Waals surface area contributed by atoms with E-state index >= 15 is 0 Å². The maximum absolute atomic E-state index is 9.25. The number of aliphatic carboxylic acids is 4. The summed E-state index contributed by atoms with van der Waals surface area (Å²) in [6.07, 6.45) is 7.08. The molecule has 172 valence electrons. The lowest BCUT2D eigenvalue weighted by Crippen LogP contribution is -1.82. The predicted octanol–water partition coefficient (Wildman–Crippen LogP) is 5.28. The Kier molecular flexibility index (Phi) is 87.2. The zero-order valence-corrected chi connectivity index (χ0v) is 18.7. The fourth-order valence-corrected chi connectivity index (χ4v) is 0. The van der Waals surface area contributed by atoms with Crippen LogP contribution in [0.2, 0.25) is 0 Å². The molecule has 0 saturated heterocycles. The van der Waals surface area contributed by atoms with E-state index in [1.807, 2.05) is 0 Å². The summed E-state index contributed by atoms with van der Waals surface area (Å²) in [5, 5.41) is 30.4. The van der Waals surface area contributed by atoms with E-state index < -0.39 is 23.9 Å². The summed E-state index contributed by atoms with van der Waals surface area (Å²) in [5.74, 6) is -3.93. The van der Waals surface area contributed by atoms with Crippen molar-refractivity contribution in [1.82, 2.24) is 0 Å². The van der Waals surface area contributed by atoms with Gasteiger partial charge in [0, 0.05) is 24.3 Å². The molecule has 0 radical (unpaired) electrons. The molecule has 0 heterocycles. The average molecular weight is 421 g/mol. The first-order valence-electron chi connectivity index (χ1n) is 8.74. The van der Waals surface area contributed by atoms with E-state index in [0.717, 1.165) is 24.3 Å². The van der Waals surface area contributed by atoms with Crippen molar-refractivity contribution >= 4 is 23.9 Å². The van der Waals surface area contributed by atoms with E-state index in [9.17, 15) is 19.2 Å². The molecule has 0 atom stereocenters. The Morgan fingerprint density at radius 2 is 0.517 bits per heavy atom. The average Bonchev–Trinajstić information content (AvgIpc) is 2.65. The van der Waals surface area contributed by atoms with Crippen LogP contribution in [0, 0.1) is 0 Å². The molecule has 0 aliphatic carbocycles. The maximum atomic E-state index is 9.25. The molecule has 0 aliphatic heterocycles. The van der Waals surface area contributed by atoms with Gasteiger partial charge in [0.25, 0.3) is 0 Å². The van der Waals surface area contributed by atoms with Gasteiger partial charge in [-0.2, -0.15) is 0 Å². The van der Waals surface area contributed by atoms with Gasteiger partial charge in [-0.05, 0) is 0 Å². The molecule has 8 heteroatoms. The Balaban J connectivity index is -0.0000000395. The van der Waals surface area contributed by atoms with Crippen LogP contribution in [0.15, 0.2) is 50.6 Å². The third kappa shape index (κ3) is 553. The van der Waals surface area contributed by atoms with Crippen LogP contribution in [0.5, 0.6) is 0 Å². The molecular weight excluding hydrogens is 380 g/mol. The van der Waals surface area contributed by atoms with Crippen LogP contribution >= 0.6 is 0 Å². The van der Waals surface area contributed by atoms with Crippen molar-refractivity contribution in [3.05, 3.63) is 50.6 Å². The quantitative estimate of drug-likeness (QED) is 0.449. The Bertz CT molecular complexity index is 336. The Morgan fingerprint density at radius 3 is 0.517 bits per heavy atom. The monoisotopic (exact) mass is 420 g/mol. The number of carboxylic acid groups (broad SMARTS) is 4. The van der Waals surface area contributed by atoms with Crippen LogP contribution in [0.4, 0.5) is 0 Å². The molecule has 0 aromatic rings. The lowest BCUT2D eigenvalue weighted by Gasteiger charge is -1.64. The van der Waals surface area contributed by atoms with Gasteiger partial charge >= 0.3 is 23.9 Å². The molecule has 4 N–H and O–H groups in total. The highest BCUT2D eigenvalue weighted by atomic mass is 16.4. The van der Waals surface area contributed by atoms with Crippen LogP contribution < -0.4 is 0 Å². The summed E-state index contributed by atoms with van der Waals surface area (Å²) < 4.78 is 0. The van der Waals surface area contributed by atoms with E-state index in [1.54, 1.807) is 0 Å². The topological polar surface area (TPSA) is 149 Å². The normalized spacial score (nSPS) is 6.28. The molecule has 0 aliphatic rings. The molecule has 0 aromatic carbocycles. The van der Waals surface area contributed by atoms with E-state index in [0.29, 0.717) is 0 Å². The van der Waals surface area contributed by atoms with Gasteiger partial charge in [0.1, 0.15) is 0 Å². The largest absolute Gasteiger partial charge is 0.478 e. The fraction of sp³-hybridized carbons (Fsp3) is 0.429. The van der Waals surface area contributed by atoms with Crippen molar-refractivity contribution in [3.63, 3.8) is 0 Å². The second-order valence-electron chi connectivity index (χ2n) is 4.29. The van der Waals surface area contributed by atoms with Gasteiger partial charge in [-0.15, -0.1) is 0 Å². The molecule has 0 spiro atoms. The van der Waals surface area contributed by atoms with E-state index in [2.05, 4.69) is 67.9 Å². The van der Waals surface area contributed by atoms with Crippen LogP contribution in [-0.4, -0.2) is 44.3 Å². The maximum Gasteiger partial charge on any atom is 0.327 e. The minimum Gasteiger partial charge on any atom is -0.478 e. The number of carboxylic acids is 4. The van der Waals surface area contributed by atoms with Gasteiger partial charge in [-0.25, -0.2) is 19.2 Å². The molecule has 0 unspecified atom stereocenters. The van der Waals surface area contributed by atoms with Crippen LogP contribution in [0.1, 0.15) is 60.8 Å². The zero-order valence-electron chi connectivity index (χ0n) is 18.7. The molecule has 0 fully saturated rings. The number of carbonyl (C=O) groups is 4. The molecule has 0 amide bonds. The number of hydrogen-bond donors (Lipinski definition) is 4. The van der Waals surface area contributed by atoms with Crippen molar-refractivity contribution < 1.29 is 39.6 Å². The predicted molar refractivity (Wildman–Crippen MR) is 119 cm³/mol. The van der Waals surface area contributed by atoms with Crippen molar-refractivity contribution in [1.29, 1.82) is 0 Å². The van der Waals surface area contributed by atoms with E-state index in [4.69, 9.17) is 20.4 Å². The second-order valence-corrected chi connectivity index (χ2v) is 4.29. The highest BCUT2D eigenvalue weighted by Crippen LogP contribution is 1.57. The molecule has 0 aromatic heterocycles. The van der Waals surface area contributed by atoms with Crippen molar-refractivity contribution in [2.24, 2.45) is 0 Å². The summed E-state index contributed by atoms with van der Waals surface area (Å²) in [4.78, 5) is 37.0. The zero-order chi connectivity index (χ0) is 25.3. The molecular formula is C21H40O8. The number of rotatable bonds is 4. The second kappa shape index (κ2) is 56.3. The van der Waals surface area contributed by atoms with Gasteiger partial charge < -0.3 is 20.4 Å². The van der Waals surface area contributed by atoms with Crippen molar-refractivity contribution in [2.75, 3.05) is 0 Å². The van der Waals surface area contributed by atoms with Crippen LogP contribution in [0.3, 0.4) is 0 Å². The standard InChI is InChI=1S/4C3H4O2.3C3H8/c4*1-2-3(4)5;3*1-3-2/h4*2H,1H2,(H,4,5);3*3H2,1-2H3. The smallest absolute Gasteiger partial charge is 0.327 e. The van der Waals surface area contributed by atoms with Crippen molar-refractivity contribution in [2.45, 2.75) is 60.8 Å². The first kappa shape index (κ1) is 44.9. The SMILES string of the molecule is C=CC(=O)O.C=CC(=O)O.C=CC(=O)O.C=CC(=O)O.CCC.CCC.CCC. The van der Waals surface area contributed by atoms with Gasteiger partial charge in [0.2, 0.25) is 0 Å². The summed E-state index contributed by atoms with van der Waals surface area (Å²) in [5.41, 5.74) is 0. The van der Waals surface area contributed by atoms with Gasteiger partial charge in [0.15, 0.2) is 0 Å². The molecule has 0 rings (SSSR count).